The predicted molar refractivity (Wildman–Crippen MR) is 249 cm³/mol. The number of oxime groups is 1. The van der Waals surface area contributed by atoms with Crippen molar-refractivity contribution >= 4 is 23.8 Å². The van der Waals surface area contributed by atoms with Gasteiger partial charge in [0.25, 0.3) is 5.69 Å². The summed E-state index contributed by atoms with van der Waals surface area (Å²) in [5.41, 5.74) is 2.97. The van der Waals surface area contributed by atoms with Crippen LogP contribution in [-0.4, -0.2) is 90.0 Å². The summed E-state index contributed by atoms with van der Waals surface area (Å²) in [6, 6.07) is 16.0. The lowest BCUT2D eigenvalue weighted by atomic mass is 9.55. The van der Waals surface area contributed by atoms with E-state index < -0.39 is 28.8 Å². The second-order valence-corrected chi connectivity index (χ2v) is 18.4. The first kappa shape index (κ1) is 49.7. The minimum Gasteiger partial charge on any atom is -0.496 e. The molecule has 1 amide bonds. The molecule has 356 valence electrons. The fraction of sp³-hybridized carbons (Fsp3) is 0.510. The highest BCUT2D eigenvalue weighted by Gasteiger charge is 2.65. The lowest BCUT2D eigenvalue weighted by Gasteiger charge is -2.60. The van der Waals surface area contributed by atoms with Crippen molar-refractivity contribution in [2.45, 2.75) is 103 Å². The average Bonchev–Trinajstić information content (AvgIpc) is 3.30. The van der Waals surface area contributed by atoms with Gasteiger partial charge < -0.3 is 38.7 Å². The molecular weight excluding hydrogens is 847 g/mol. The van der Waals surface area contributed by atoms with Gasteiger partial charge in [-0.3, -0.25) is 19.8 Å². The van der Waals surface area contributed by atoms with E-state index in [-0.39, 0.29) is 68.3 Å². The second kappa shape index (κ2) is 22.6. The molecule has 2 aliphatic carbocycles. The van der Waals surface area contributed by atoms with Gasteiger partial charge in [0.1, 0.15) is 35.6 Å². The highest BCUT2D eigenvalue weighted by atomic mass is 16.7. The minimum absolute atomic E-state index is 0.0178. The van der Waals surface area contributed by atoms with E-state index in [2.05, 4.69) is 12.7 Å². The number of aliphatic hydroxyl groups is 2. The summed E-state index contributed by atoms with van der Waals surface area (Å²) in [5.74, 6) is -0.528. The molecule has 15 nitrogen and oxygen atoms in total. The Hall–Kier alpha value is -5.77. The summed E-state index contributed by atoms with van der Waals surface area (Å²) in [6.45, 7) is 12.7. The summed E-state index contributed by atoms with van der Waals surface area (Å²) in [6.07, 6.45) is 9.11. The van der Waals surface area contributed by atoms with Gasteiger partial charge in [-0.1, -0.05) is 57.8 Å². The summed E-state index contributed by atoms with van der Waals surface area (Å²) < 4.78 is 32.3. The molecule has 1 aliphatic heterocycles. The van der Waals surface area contributed by atoms with Crippen LogP contribution in [0.5, 0.6) is 23.0 Å². The topological polar surface area (TPSA) is 189 Å². The van der Waals surface area contributed by atoms with E-state index in [1.165, 1.54) is 19.2 Å². The summed E-state index contributed by atoms with van der Waals surface area (Å²) in [5, 5.41) is 36.2. The number of carbonyl (C=O) groups excluding carboxylic acids is 2. The number of non-ortho nitro benzene ring substituents is 1. The van der Waals surface area contributed by atoms with E-state index in [1.807, 2.05) is 45.9 Å². The van der Waals surface area contributed by atoms with E-state index >= 15 is 0 Å². The van der Waals surface area contributed by atoms with Crippen molar-refractivity contribution in [2.75, 3.05) is 40.1 Å². The zero-order chi connectivity index (χ0) is 47.4. The SMILES string of the molecule is C=CCO[C@@]12Oc3ccc(Oc4ccc(OC)c(C=O)c4)cc3[C@H]3[C@H](CCCCO)[C@@H](CCCCO)C=C(C(=NOCc4ccc([N+](=O)[O-])cc4)C[C@@H]1N(CCC)C(=O)OCC(C)(C)C)[C@H]32. The number of fused-ring (bicyclic) bond motifs is 2. The molecule has 2 N–H and O–H groups in total. The molecule has 0 bridgehead atoms. The molecule has 66 heavy (non-hydrogen) atoms. The smallest absolute Gasteiger partial charge is 0.410 e. The number of carbonyl (C=O) groups is 2. The van der Waals surface area contributed by atoms with Crippen LogP contribution in [0.4, 0.5) is 10.5 Å². The number of benzene rings is 3. The van der Waals surface area contributed by atoms with Crippen LogP contribution in [0.2, 0.25) is 0 Å². The van der Waals surface area contributed by atoms with Gasteiger partial charge in [0.05, 0.1) is 42.4 Å². The Balaban J connectivity index is 1.57. The van der Waals surface area contributed by atoms with Gasteiger partial charge in [-0.05, 0) is 109 Å². The molecule has 1 saturated carbocycles. The van der Waals surface area contributed by atoms with Crippen molar-refractivity contribution < 1.29 is 53.2 Å². The molecule has 3 aromatic rings. The zero-order valence-corrected chi connectivity index (χ0v) is 38.8. The molecule has 15 heteroatoms. The first-order valence-electron chi connectivity index (χ1n) is 23.0. The fourth-order valence-electron chi connectivity index (χ4n) is 9.59. The number of allylic oxidation sites excluding steroid dienone is 1. The van der Waals surface area contributed by atoms with E-state index in [4.69, 9.17) is 33.7 Å². The third-order valence-corrected chi connectivity index (χ3v) is 12.5. The number of nitro groups is 1. The number of amides is 1. The van der Waals surface area contributed by atoms with Crippen LogP contribution in [0.1, 0.15) is 106 Å². The molecule has 0 spiro atoms. The standard InChI is InChI=1S/C51H65N3O12/c1-7-23-53(49(58)62-33-50(3,4)5)46-30-43(52-64-32-34-15-17-37(18-16-34)54(59)60)41-28-35(13-9-11-24-55)40(14-10-12-25-56)47-42-29-39(65-38-19-21-44(61-6)36(27-38)31-57)20-22-45(42)66-51(46,48(41)47)63-26-8-2/h8,15-22,27-29,31,35,40,46-48,55-56H,2,7,9-14,23-26,30,32-33H2,1,3-6H3/t35-,40+,46-,47+,48+,51+/m0/s1. The number of aldehydes is 1. The number of rotatable bonds is 23. The molecule has 0 saturated heterocycles. The number of aliphatic hydroxyl groups excluding tert-OH is 2. The molecule has 3 aliphatic rings. The second-order valence-electron chi connectivity index (χ2n) is 18.4. The first-order chi connectivity index (χ1) is 31.8. The summed E-state index contributed by atoms with van der Waals surface area (Å²) in [7, 11) is 1.50. The van der Waals surface area contributed by atoms with Crippen LogP contribution >= 0.6 is 0 Å². The van der Waals surface area contributed by atoms with Gasteiger partial charge in [-0.25, -0.2) is 4.79 Å². The Labute approximate surface area is 387 Å². The van der Waals surface area contributed by atoms with Crippen LogP contribution in [0.3, 0.4) is 0 Å². The van der Waals surface area contributed by atoms with Crippen molar-refractivity contribution in [3.8, 4) is 23.0 Å². The number of unbranched alkanes of at least 4 members (excludes halogenated alkanes) is 2. The molecule has 0 aromatic heterocycles. The van der Waals surface area contributed by atoms with Gasteiger partial charge in [0.15, 0.2) is 6.29 Å². The lowest BCUT2D eigenvalue weighted by molar-refractivity contribution is -0.384. The van der Waals surface area contributed by atoms with Crippen LogP contribution in [0.15, 0.2) is 90.1 Å². The molecule has 6 atom stereocenters. The summed E-state index contributed by atoms with van der Waals surface area (Å²) >= 11 is 0. The van der Waals surface area contributed by atoms with E-state index in [0.717, 1.165) is 36.8 Å². The maximum absolute atomic E-state index is 14.5. The largest absolute Gasteiger partial charge is 0.496 e. The predicted octanol–water partition coefficient (Wildman–Crippen LogP) is 9.94. The first-order valence-corrected chi connectivity index (χ1v) is 23.0. The van der Waals surface area contributed by atoms with Crippen LogP contribution in [-0.2, 0) is 20.9 Å². The Kier molecular flexibility index (Phi) is 17.0. The maximum atomic E-state index is 14.5. The normalized spacial score (nSPS) is 22.5. The van der Waals surface area contributed by atoms with Gasteiger partial charge in [0, 0.05) is 49.8 Å². The third-order valence-electron chi connectivity index (χ3n) is 12.5. The number of nitro benzene ring substituents is 1. The Bertz CT molecular complexity index is 2220. The monoisotopic (exact) mass is 911 g/mol. The van der Waals surface area contributed by atoms with E-state index in [9.17, 15) is 29.9 Å². The Morgan fingerprint density at radius 1 is 1.03 bits per heavy atom. The van der Waals surface area contributed by atoms with Gasteiger partial charge in [-0.15, -0.1) is 6.58 Å². The van der Waals surface area contributed by atoms with Crippen molar-refractivity contribution in [3.63, 3.8) is 0 Å². The van der Waals surface area contributed by atoms with Crippen LogP contribution in [0, 0.1) is 33.3 Å². The molecule has 0 unspecified atom stereocenters. The molecule has 3 aromatic carbocycles. The Morgan fingerprint density at radius 2 is 1.74 bits per heavy atom. The molecule has 0 radical (unpaired) electrons. The van der Waals surface area contributed by atoms with Crippen molar-refractivity contribution in [1.29, 1.82) is 0 Å². The van der Waals surface area contributed by atoms with Crippen LogP contribution < -0.4 is 14.2 Å². The fourth-order valence-corrected chi connectivity index (χ4v) is 9.59. The van der Waals surface area contributed by atoms with Crippen molar-refractivity contribution in [1.82, 2.24) is 4.90 Å². The number of methoxy groups -OCH3 is 1. The molecule has 6 rings (SSSR count). The highest BCUT2D eigenvalue weighted by molar-refractivity contribution is 6.03. The maximum Gasteiger partial charge on any atom is 0.410 e. The summed E-state index contributed by atoms with van der Waals surface area (Å²) in [4.78, 5) is 45.3. The van der Waals surface area contributed by atoms with E-state index in [1.54, 1.807) is 41.3 Å². The Morgan fingerprint density at radius 3 is 2.39 bits per heavy atom. The minimum atomic E-state index is -1.49. The van der Waals surface area contributed by atoms with E-state index in [0.29, 0.717) is 71.9 Å². The average molecular weight is 912 g/mol. The van der Waals surface area contributed by atoms with Crippen LogP contribution in [0.25, 0.3) is 0 Å². The van der Waals surface area contributed by atoms with Gasteiger partial charge in [0.2, 0.25) is 5.79 Å². The number of hydrogen-bond donors (Lipinski definition) is 2. The highest BCUT2D eigenvalue weighted by Crippen LogP contribution is 2.62. The van der Waals surface area contributed by atoms with Gasteiger partial charge >= 0.3 is 6.09 Å². The molecule has 1 fully saturated rings. The lowest BCUT2D eigenvalue weighted by Crippen LogP contribution is -2.70. The van der Waals surface area contributed by atoms with Crippen molar-refractivity contribution in [2.24, 2.45) is 28.3 Å². The van der Waals surface area contributed by atoms with Crippen molar-refractivity contribution in [3.05, 3.63) is 112 Å². The number of ether oxygens (including phenoxy) is 5. The number of nitrogens with zero attached hydrogens (tertiary/aromatic N) is 3. The quantitative estimate of drug-likeness (QED) is 0.0302. The van der Waals surface area contributed by atoms with Gasteiger partial charge in [-0.2, -0.15) is 0 Å². The number of hydrogen-bond acceptors (Lipinski definition) is 13. The zero-order valence-electron chi connectivity index (χ0n) is 38.8. The third kappa shape index (κ3) is 11.4. The molecule has 1 heterocycles. The molecular formula is C51H65N3O12.